The van der Waals surface area contributed by atoms with E-state index in [-0.39, 0.29) is 0 Å². The van der Waals surface area contributed by atoms with E-state index in [1.807, 2.05) is 18.2 Å². The van der Waals surface area contributed by atoms with Crippen molar-refractivity contribution in [1.82, 2.24) is 4.98 Å². The maximum atomic E-state index is 5.97. The first kappa shape index (κ1) is 11.4. The maximum Gasteiger partial charge on any atom is 0.0708 e. The summed E-state index contributed by atoms with van der Waals surface area (Å²) in [6.45, 7) is 2.80. The molecule has 0 aliphatic carbocycles. The van der Waals surface area contributed by atoms with Crippen molar-refractivity contribution in [2.24, 2.45) is 5.73 Å². The number of hydrogen-bond donors (Lipinski definition) is 1. The summed E-state index contributed by atoms with van der Waals surface area (Å²) in [4.78, 5) is 4.60. The zero-order valence-corrected chi connectivity index (χ0v) is 10.1. The van der Waals surface area contributed by atoms with E-state index < -0.39 is 0 Å². The Labute approximate surface area is 100 Å². The van der Waals surface area contributed by atoms with Gasteiger partial charge in [0.15, 0.2) is 0 Å². The van der Waals surface area contributed by atoms with Crippen LogP contribution in [0.2, 0.25) is 5.02 Å². The number of aromatic nitrogens is 1. The number of nitrogens with two attached hydrogens (primary N) is 1. The van der Waals surface area contributed by atoms with Gasteiger partial charge in [0.1, 0.15) is 0 Å². The van der Waals surface area contributed by atoms with Gasteiger partial charge in [0.05, 0.1) is 5.52 Å². The Hall–Kier alpha value is -1.12. The van der Waals surface area contributed by atoms with Crippen molar-refractivity contribution in [1.29, 1.82) is 0 Å². The molecule has 3 heteroatoms. The molecule has 0 fully saturated rings. The van der Waals surface area contributed by atoms with E-state index in [1.165, 1.54) is 5.56 Å². The zero-order valence-electron chi connectivity index (χ0n) is 9.33. The molecule has 84 valence electrons. The molecule has 16 heavy (non-hydrogen) atoms. The third kappa shape index (κ3) is 2.34. The van der Waals surface area contributed by atoms with Crippen molar-refractivity contribution in [3.05, 3.63) is 40.5 Å². The maximum absolute atomic E-state index is 5.97. The fourth-order valence-corrected chi connectivity index (χ4v) is 2.02. The predicted molar refractivity (Wildman–Crippen MR) is 68.9 cm³/mol. The molecule has 0 saturated carbocycles. The topological polar surface area (TPSA) is 38.9 Å². The lowest BCUT2D eigenvalue weighted by Gasteiger charge is -2.06. The second-order valence-electron chi connectivity index (χ2n) is 3.98. The summed E-state index contributed by atoms with van der Waals surface area (Å²) in [7, 11) is 0. The first-order valence-electron chi connectivity index (χ1n) is 5.46. The van der Waals surface area contributed by atoms with Crippen molar-refractivity contribution in [3.63, 3.8) is 0 Å². The van der Waals surface area contributed by atoms with Crippen molar-refractivity contribution < 1.29 is 0 Å². The van der Waals surface area contributed by atoms with Crippen LogP contribution in [0.25, 0.3) is 10.9 Å². The largest absolute Gasteiger partial charge is 0.330 e. The Morgan fingerprint density at radius 2 is 2.12 bits per heavy atom. The molecule has 0 spiro atoms. The standard InChI is InChI=1S/C13H15ClN2/c1-9-7-11(3-2-6-15)16-13-5-4-10(14)8-12(9)13/h4-5,7-8H,2-3,6,15H2,1H3. The number of fused-ring (bicyclic) bond motifs is 1. The van der Waals surface area contributed by atoms with Gasteiger partial charge in [0.2, 0.25) is 0 Å². The number of pyridine rings is 1. The molecule has 0 amide bonds. The minimum absolute atomic E-state index is 0.708. The summed E-state index contributed by atoms with van der Waals surface area (Å²) < 4.78 is 0. The van der Waals surface area contributed by atoms with Crippen molar-refractivity contribution in [2.45, 2.75) is 19.8 Å². The van der Waals surface area contributed by atoms with Crippen molar-refractivity contribution >= 4 is 22.5 Å². The number of aryl methyl sites for hydroxylation is 2. The molecule has 2 aromatic rings. The van der Waals surface area contributed by atoms with Gasteiger partial charge in [0.25, 0.3) is 0 Å². The quantitative estimate of drug-likeness (QED) is 0.887. The van der Waals surface area contributed by atoms with E-state index in [4.69, 9.17) is 17.3 Å². The summed E-state index contributed by atoms with van der Waals surface area (Å²) in [6.07, 6.45) is 1.92. The van der Waals surface area contributed by atoms with Crippen LogP contribution in [0.4, 0.5) is 0 Å². The summed E-state index contributed by atoms with van der Waals surface area (Å²) in [5.41, 5.74) is 8.84. The number of nitrogens with zero attached hydrogens (tertiary/aromatic N) is 1. The SMILES string of the molecule is Cc1cc(CCCN)nc2ccc(Cl)cc12. The summed E-state index contributed by atoms with van der Waals surface area (Å²) in [6, 6.07) is 7.93. The molecule has 0 saturated heterocycles. The van der Waals surface area contributed by atoms with Crippen LogP contribution in [0.15, 0.2) is 24.3 Å². The molecule has 2 N–H and O–H groups in total. The van der Waals surface area contributed by atoms with E-state index in [0.717, 1.165) is 34.5 Å². The molecular formula is C13H15ClN2. The van der Waals surface area contributed by atoms with Gasteiger partial charge in [-0.2, -0.15) is 0 Å². The summed E-state index contributed by atoms with van der Waals surface area (Å²) in [5, 5.41) is 1.89. The number of benzene rings is 1. The average molecular weight is 235 g/mol. The molecule has 0 radical (unpaired) electrons. The second kappa shape index (κ2) is 4.81. The van der Waals surface area contributed by atoms with Crippen LogP contribution < -0.4 is 5.73 Å². The molecule has 1 heterocycles. The smallest absolute Gasteiger partial charge is 0.0708 e. The Morgan fingerprint density at radius 1 is 1.31 bits per heavy atom. The third-order valence-corrected chi connectivity index (χ3v) is 2.90. The van der Waals surface area contributed by atoms with Gasteiger partial charge in [-0.15, -0.1) is 0 Å². The lowest BCUT2D eigenvalue weighted by Crippen LogP contribution is -2.02. The molecule has 0 atom stereocenters. The summed E-state index contributed by atoms with van der Waals surface area (Å²) in [5.74, 6) is 0. The van der Waals surface area contributed by atoms with E-state index >= 15 is 0 Å². The zero-order chi connectivity index (χ0) is 11.5. The molecule has 1 aromatic carbocycles. The van der Waals surface area contributed by atoms with Crippen LogP contribution >= 0.6 is 11.6 Å². The van der Waals surface area contributed by atoms with Crippen LogP contribution in [0, 0.1) is 6.92 Å². The van der Waals surface area contributed by atoms with E-state index in [1.54, 1.807) is 0 Å². The Balaban J connectivity index is 2.46. The molecule has 0 bridgehead atoms. The van der Waals surface area contributed by atoms with Gasteiger partial charge in [0, 0.05) is 16.1 Å². The number of halogens is 1. The predicted octanol–water partition coefficient (Wildman–Crippen LogP) is 3.09. The monoisotopic (exact) mass is 234 g/mol. The molecular weight excluding hydrogens is 220 g/mol. The molecule has 1 aromatic heterocycles. The molecule has 0 unspecified atom stereocenters. The van der Waals surface area contributed by atoms with Crippen LogP contribution in [0.1, 0.15) is 17.7 Å². The van der Waals surface area contributed by atoms with Crippen LogP contribution in [-0.4, -0.2) is 11.5 Å². The second-order valence-corrected chi connectivity index (χ2v) is 4.42. The Morgan fingerprint density at radius 3 is 2.88 bits per heavy atom. The van der Waals surface area contributed by atoms with Gasteiger partial charge >= 0.3 is 0 Å². The highest BCUT2D eigenvalue weighted by molar-refractivity contribution is 6.31. The summed E-state index contributed by atoms with van der Waals surface area (Å²) >= 11 is 5.97. The van der Waals surface area contributed by atoms with Crippen molar-refractivity contribution in [3.8, 4) is 0 Å². The Kier molecular flexibility index (Phi) is 3.42. The highest BCUT2D eigenvalue weighted by Gasteiger charge is 2.03. The van der Waals surface area contributed by atoms with Crippen molar-refractivity contribution in [2.75, 3.05) is 6.54 Å². The average Bonchev–Trinajstić information content (AvgIpc) is 2.27. The molecule has 0 aliphatic rings. The molecule has 2 nitrogen and oxygen atoms in total. The lowest BCUT2D eigenvalue weighted by molar-refractivity contribution is 0.813. The van der Waals surface area contributed by atoms with Gasteiger partial charge in [-0.1, -0.05) is 11.6 Å². The lowest BCUT2D eigenvalue weighted by atomic mass is 10.1. The van der Waals surface area contributed by atoms with Crippen LogP contribution in [0.3, 0.4) is 0 Å². The normalized spacial score (nSPS) is 10.9. The van der Waals surface area contributed by atoms with E-state index in [0.29, 0.717) is 6.54 Å². The minimum Gasteiger partial charge on any atom is -0.330 e. The van der Waals surface area contributed by atoms with Gasteiger partial charge in [-0.25, -0.2) is 0 Å². The minimum atomic E-state index is 0.708. The Bertz CT molecular complexity index is 509. The van der Waals surface area contributed by atoms with Gasteiger partial charge < -0.3 is 5.73 Å². The van der Waals surface area contributed by atoms with E-state index in [2.05, 4.69) is 18.0 Å². The molecule has 2 rings (SSSR count). The molecule has 0 aliphatic heterocycles. The van der Waals surface area contributed by atoms with Crippen LogP contribution in [-0.2, 0) is 6.42 Å². The van der Waals surface area contributed by atoms with Gasteiger partial charge in [-0.05, 0) is 56.1 Å². The first-order chi connectivity index (χ1) is 7.70. The fourth-order valence-electron chi connectivity index (χ4n) is 1.85. The first-order valence-corrected chi connectivity index (χ1v) is 5.84. The number of rotatable bonds is 3. The van der Waals surface area contributed by atoms with E-state index in [9.17, 15) is 0 Å². The highest BCUT2D eigenvalue weighted by atomic mass is 35.5. The highest BCUT2D eigenvalue weighted by Crippen LogP contribution is 2.22. The van der Waals surface area contributed by atoms with Gasteiger partial charge in [-0.3, -0.25) is 4.98 Å². The van der Waals surface area contributed by atoms with Crippen LogP contribution in [0.5, 0.6) is 0 Å². The third-order valence-electron chi connectivity index (χ3n) is 2.67. The number of hydrogen-bond acceptors (Lipinski definition) is 2. The fraction of sp³-hybridized carbons (Fsp3) is 0.308.